The number of nitrogens with zero attached hydrogens (tertiary/aromatic N) is 2. The number of carbonyl (C=O) groups is 1. The van der Waals surface area contributed by atoms with Gasteiger partial charge in [0.2, 0.25) is 0 Å². The molecule has 0 unspecified atom stereocenters. The second kappa shape index (κ2) is 10.6. The molecule has 0 saturated heterocycles. The van der Waals surface area contributed by atoms with E-state index in [2.05, 4.69) is 31.3 Å². The van der Waals surface area contributed by atoms with E-state index in [9.17, 15) is 4.79 Å². The lowest BCUT2D eigenvalue weighted by molar-refractivity contribution is 0.0963. The molecule has 0 aliphatic rings. The van der Waals surface area contributed by atoms with Crippen LogP contribution in [0.4, 0.5) is 0 Å². The van der Waals surface area contributed by atoms with E-state index in [-0.39, 0.29) is 5.91 Å². The molecular weight excluding hydrogens is 346 g/mol. The molecule has 0 atom stereocenters. The summed E-state index contributed by atoms with van der Waals surface area (Å²) >= 11 is 1.67. The van der Waals surface area contributed by atoms with Gasteiger partial charge in [-0.1, -0.05) is 12.1 Å². The van der Waals surface area contributed by atoms with E-state index >= 15 is 0 Å². The molecule has 7 heteroatoms. The number of thiazole rings is 1. The van der Waals surface area contributed by atoms with E-state index in [1.807, 2.05) is 38.1 Å². The molecule has 0 aliphatic heterocycles. The van der Waals surface area contributed by atoms with Gasteiger partial charge in [0.25, 0.3) is 5.91 Å². The molecule has 1 heterocycles. The van der Waals surface area contributed by atoms with Crippen LogP contribution < -0.4 is 16.0 Å². The maximum Gasteiger partial charge on any atom is 0.251 e. The molecular formula is C19H27N5OS. The molecule has 0 fully saturated rings. The smallest absolute Gasteiger partial charge is 0.251 e. The van der Waals surface area contributed by atoms with E-state index in [1.54, 1.807) is 18.4 Å². The zero-order valence-electron chi connectivity index (χ0n) is 15.6. The van der Waals surface area contributed by atoms with Crippen LogP contribution in [-0.2, 0) is 12.8 Å². The van der Waals surface area contributed by atoms with Crippen LogP contribution in [-0.4, -0.2) is 43.5 Å². The van der Waals surface area contributed by atoms with Crippen molar-refractivity contribution >= 4 is 23.2 Å². The molecule has 0 bridgehead atoms. The monoisotopic (exact) mass is 373 g/mol. The highest BCUT2D eigenvalue weighted by Gasteiger charge is 2.04. The number of nitrogens with one attached hydrogen (secondary N) is 3. The Balaban J connectivity index is 1.84. The number of amides is 1. The summed E-state index contributed by atoms with van der Waals surface area (Å²) in [5.41, 5.74) is 2.90. The number of rotatable bonds is 8. The Bertz CT molecular complexity index is 741. The van der Waals surface area contributed by atoms with Gasteiger partial charge in [0, 0.05) is 44.0 Å². The Morgan fingerprint density at radius 3 is 2.81 bits per heavy atom. The fourth-order valence-electron chi connectivity index (χ4n) is 2.48. The van der Waals surface area contributed by atoms with E-state index in [4.69, 9.17) is 0 Å². The quantitative estimate of drug-likeness (QED) is 0.489. The summed E-state index contributed by atoms with van der Waals surface area (Å²) in [6, 6.07) is 7.69. The molecule has 1 aromatic heterocycles. The van der Waals surface area contributed by atoms with Gasteiger partial charge in [-0.25, -0.2) is 4.98 Å². The Morgan fingerprint density at radius 1 is 1.27 bits per heavy atom. The second-order valence-corrected chi connectivity index (χ2v) is 6.89. The number of aliphatic imine (C=N–C) groups is 1. The van der Waals surface area contributed by atoms with Gasteiger partial charge in [-0.3, -0.25) is 9.79 Å². The summed E-state index contributed by atoms with van der Waals surface area (Å²) in [6.07, 6.45) is 1.66. The molecule has 0 saturated carbocycles. The van der Waals surface area contributed by atoms with Crippen LogP contribution >= 0.6 is 11.3 Å². The van der Waals surface area contributed by atoms with Gasteiger partial charge >= 0.3 is 0 Å². The Hall–Kier alpha value is -2.41. The highest BCUT2D eigenvalue weighted by Crippen LogP contribution is 2.08. The van der Waals surface area contributed by atoms with Gasteiger partial charge in [-0.2, -0.15) is 0 Å². The van der Waals surface area contributed by atoms with Gasteiger partial charge in [-0.05, 0) is 38.0 Å². The highest BCUT2D eigenvalue weighted by atomic mass is 32.1. The normalized spacial score (nSPS) is 11.3. The summed E-state index contributed by atoms with van der Waals surface area (Å²) in [6.45, 7) is 6.33. The van der Waals surface area contributed by atoms with Gasteiger partial charge in [0.05, 0.1) is 10.7 Å². The van der Waals surface area contributed by atoms with Crippen molar-refractivity contribution in [3.05, 3.63) is 51.5 Å². The van der Waals surface area contributed by atoms with Crippen molar-refractivity contribution in [3.8, 4) is 0 Å². The standard InChI is InChI=1S/C19H27N5OS/c1-4-21-19(23-11-9-17-13-26-14(2)24-17)22-10-8-15-6-5-7-16(12-15)18(25)20-3/h5-7,12-13H,4,8-11H2,1-3H3,(H,20,25)(H2,21,22,23). The Morgan fingerprint density at radius 2 is 2.12 bits per heavy atom. The largest absolute Gasteiger partial charge is 0.357 e. The van der Waals surface area contributed by atoms with Crippen LogP contribution in [0.3, 0.4) is 0 Å². The lowest BCUT2D eigenvalue weighted by Gasteiger charge is -2.11. The van der Waals surface area contributed by atoms with Crippen molar-refractivity contribution in [3.63, 3.8) is 0 Å². The van der Waals surface area contributed by atoms with Crippen molar-refractivity contribution in [1.82, 2.24) is 20.9 Å². The average Bonchev–Trinajstić information content (AvgIpc) is 3.06. The zero-order chi connectivity index (χ0) is 18.8. The fraction of sp³-hybridized carbons (Fsp3) is 0.421. The summed E-state index contributed by atoms with van der Waals surface area (Å²) in [5.74, 6) is 0.744. The fourth-order valence-corrected chi connectivity index (χ4v) is 3.13. The minimum absolute atomic E-state index is 0.0630. The first-order chi connectivity index (χ1) is 12.6. The second-order valence-electron chi connectivity index (χ2n) is 5.82. The molecule has 26 heavy (non-hydrogen) atoms. The van der Waals surface area contributed by atoms with E-state index < -0.39 is 0 Å². The Labute approximate surface area is 159 Å². The number of hydrogen-bond acceptors (Lipinski definition) is 4. The summed E-state index contributed by atoms with van der Waals surface area (Å²) in [5, 5.41) is 12.4. The van der Waals surface area contributed by atoms with Gasteiger partial charge < -0.3 is 16.0 Å². The summed E-state index contributed by atoms with van der Waals surface area (Å²) in [7, 11) is 1.64. The third-order valence-electron chi connectivity index (χ3n) is 3.77. The third-order valence-corrected chi connectivity index (χ3v) is 4.59. The molecule has 1 amide bonds. The van der Waals surface area contributed by atoms with E-state index in [0.29, 0.717) is 12.1 Å². The first kappa shape index (κ1) is 19.9. The van der Waals surface area contributed by atoms with Crippen molar-refractivity contribution in [2.24, 2.45) is 4.99 Å². The number of aromatic nitrogens is 1. The van der Waals surface area contributed by atoms with Crippen LogP contribution in [0.25, 0.3) is 0 Å². The molecule has 140 valence electrons. The molecule has 0 spiro atoms. The number of benzene rings is 1. The van der Waals surface area contributed by atoms with E-state index in [1.165, 1.54) is 0 Å². The number of guanidine groups is 1. The number of hydrogen-bond donors (Lipinski definition) is 3. The lowest BCUT2D eigenvalue weighted by Crippen LogP contribution is -2.38. The van der Waals surface area contributed by atoms with Crippen molar-refractivity contribution in [2.45, 2.75) is 26.7 Å². The minimum Gasteiger partial charge on any atom is -0.357 e. The zero-order valence-corrected chi connectivity index (χ0v) is 16.4. The lowest BCUT2D eigenvalue weighted by atomic mass is 10.1. The molecule has 0 radical (unpaired) electrons. The predicted molar refractivity (Wildman–Crippen MR) is 108 cm³/mol. The van der Waals surface area contributed by atoms with Crippen molar-refractivity contribution in [2.75, 3.05) is 26.7 Å². The van der Waals surface area contributed by atoms with Crippen LogP contribution in [0.15, 0.2) is 34.6 Å². The topological polar surface area (TPSA) is 78.4 Å². The van der Waals surface area contributed by atoms with Gasteiger partial charge in [-0.15, -0.1) is 11.3 Å². The Kier molecular flexibility index (Phi) is 8.08. The maximum atomic E-state index is 11.7. The molecule has 1 aromatic carbocycles. The first-order valence-corrected chi connectivity index (χ1v) is 9.74. The SMILES string of the molecule is CCNC(=NCCc1csc(C)n1)NCCc1cccc(C(=O)NC)c1. The average molecular weight is 374 g/mol. The number of carbonyl (C=O) groups excluding carboxylic acids is 1. The van der Waals surface area contributed by atoms with Crippen LogP contribution in [0.1, 0.15) is 33.5 Å². The molecule has 6 nitrogen and oxygen atoms in total. The maximum absolute atomic E-state index is 11.7. The van der Waals surface area contributed by atoms with Crippen LogP contribution in [0.2, 0.25) is 0 Å². The third kappa shape index (κ3) is 6.48. The van der Waals surface area contributed by atoms with E-state index in [0.717, 1.165) is 48.2 Å². The first-order valence-electron chi connectivity index (χ1n) is 8.86. The molecule has 2 aromatic rings. The van der Waals surface area contributed by atoms with Crippen molar-refractivity contribution < 1.29 is 4.79 Å². The minimum atomic E-state index is -0.0630. The van der Waals surface area contributed by atoms with Crippen molar-refractivity contribution in [1.29, 1.82) is 0 Å². The predicted octanol–water partition coefficient (Wildman–Crippen LogP) is 2.15. The number of aryl methyl sites for hydroxylation is 1. The summed E-state index contributed by atoms with van der Waals surface area (Å²) < 4.78 is 0. The van der Waals surface area contributed by atoms with Crippen LogP contribution in [0.5, 0.6) is 0 Å². The summed E-state index contributed by atoms with van der Waals surface area (Å²) in [4.78, 5) is 20.8. The molecule has 0 aliphatic carbocycles. The van der Waals surface area contributed by atoms with Gasteiger partial charge in [0.1, 0.15) is 0 Å². The van der Waals surface area contributed by atoms with Crippen LogP contribution in [0, 0.1) is 6.92 Å². The highest BCUT2D eigenvalue weighted by molar-refractivity contribution is 7.09. The molecule has 2 rings (SSSR count). The molecule has 3 N–H and O–H groups in total. The van der Waals surface area contributed by atoms with Gasteiger partial charge in [0.15, 0.2) is 5.96 Å².